The maximum atomic E-state index is 12.1. The van der Waals surface area contributed by atoms with E-state index in [1.165, 1.54) is 29.8 Å². The Bertz CT molecular complexity index is 1090. The molecule has 0 bridgehead atoms. The van der Waals surface area contributed by atoms with Crippen molar-refractivity contribution in [3.63, 3.8) is 0 Å². The molecule has 0 radical (unpaired) electrons. The van der Waals surface area contributed by atoms with E-state index in [-0.39, 0.29) is 0 Å². The number of rotatable bonds is 5. The van der Waals surface area contributed by atoms with E-state index >= 15 is 0 Å². The molecular weight excluding hydrogens is 396 g/mol. The summed E-state index contributed by atoms with van der Waals surface area (Å²) in [5.41, 5.74) is 3.20. The maximum Gasteiger partial charge on any atom is 0.275 e. The molecule has 1 atom stereocenters. The van der Waals surface area contributed by atoms with Crippen LogP contribution in [0.1, 0.15) is 38.2 Å². The Morgan fingerprint density at radius 1 is 0.875 bits per heavy atom. The van der Waals surface area contributed by atoms with Crippen LogP contribution in [-0.2, 0) is 5.72 Å². The lowest BCUT2D eigenvalue weighted by molar-refractivity contribution is -0.534. The van der Waals surface area contributed by atoms with Gasteiger partial charge in [-0.05, 0) is 73.7 Å². The molecule has 0 spiro atoms. The van der Waals surface area contributed by atoms with E-state index in [9.17, 15) is 5.11 Å². The average molecular weight is 428 g/mol. The first-order valence-electron chi connectivity index (χ1n) is 11.7. The number of ether oxygens (including phenoxy) is 1. The standard InChI is InChI=1S/C28H31N2O2/c1-2-32-26-18-14-24(15-19-26)28(31)21-29-20-8-4-7-11-27(29)30(28)25-16-12-23(13-17-25)22-9-5-3-6-10-22/h3,5-6,9-10,12-19,31H,2,4,7-8,11,20-21H2,1H3/q+1. The Balaban J connectivity index is 1.54. The Morgan fingerprint density at radius 3 is 2.31 bits per heavy atom. The van der Waals surface area contributed by atoms with E-state index in [1.54, 1.807) is 0 Å². The van der Waals surface area contributed by atoms with Gasteiger partial charge < -0.3 is 9.84 Å². The minimum absolute atomic E-state index is 0.580. The molecule has 0 aliphatic carbocycles. The van der Waals surface area contributed by atoms with Gasteiger partial charge in [-0.25, -0.2) is 0 Å². The third kappa shape index (κ3) is 3.80. The molecule has 0 amide bonds. The summed E-state index contributed by atoms with van der Waals surface area (Å²) >= 11 is 0. The van der Waals surface area contributed by atoms with E-state index in [0.717, 1.165) is 36.4 Å². The van der Waals surface area contributed by atoms with Crippen LogP contribution in [0.15, 0.2) is 78.9 Å². The van der Waals surface area contributed by atoms with Gasteiger partial charge in [-0.3, -0.25) is 4.58 Å². The van der Waals surface area contributed by atoms with Crippen molar-refractivity contribution in [1.82, 2.24) is 0 Å². The fourth-order valence-corrected chi connectivity index (χ4v) is 5.02. The fraction of sp³-hybridized carbons (Fsp3) is 0.321. The molecule has 3 aromatic carbocycles. The van der Waals surface area contributed by atoms with Crippen LogP contribution in [0.25, 0.3) is 11.1 Å². The molecule has 1 N–H and O–H groups in total. The second kappa shape index (κ2) is 8.79. The summed E-state index contributed by atoms with van der Waals surface area (Å²) in [6.45, 7) is 4.19. The SMILES string of the molecule is CCOc1ccc(C2(O)C[N+]3=C(CCCCC3)N2c2ccc(-c3ccccc3)cc2)cc1. The van der Waals surface area contributed by atoms with Crippen molar-refractivity contribution in [3.05, 3.63) is 84.4 Å². The van der Waals surface area contributed by atoms with Gasteiger partial charge in [-0.15, -0.1) is 0 Å². The van der Waals surface area contributed by atoms with Gasteiger partial charge in [0.05, 0.1) is 13.2 Å². The van der Waals surface area contributed by atoms with Crippen LogP contribution in [-0.4, -0.2) is 35.2 Å². The number of hydrogen-bond acceptors (Lipinski definition) is 3. The highest BCUT2D eigenvalue weighted by Crippen LogP contribution is 2.39. The van der Waals surface area contributed by atoms with Gasteiger partial charge in [0.2, 0.25) is 0 Å². The highest BCUT2D eigenvalue weighted by Gasteiger charge is 2.54. The smallest absolute Gasteiger partial charge is 0.275 e. The van der Waals surface area contributed by atoms with Crippen molar-refractivity contribution in [2.45, 2.75) is 38.3 Å². The molecule has 2 aliphatic rings. The summed E-state index contributed by atoms with van der Waals surface area (Å²) in [6.07, 6.45) is 4.55. The number of hydrogen-bond donors (Lipinski definition) is 1. The predicted octanol–water partition coefficient (Wildman–Crippen LogP) is 5.40. The summed E-state index contributed by atoms with van der Waals surface area (Å²) in [5, 5.41) is 12.1. The van der Waals surface area contributed by atoms with E-state index in [4.69, 9.17) is 4.74 Å². The molecule has 32 heavy (non-hydrogen) atoms. The summed E-state index contributed by atoms with van der Waals surface area (Å²) in [7, 11) is 0. The summed E-state index contributed by atoms with van der Waals surface area (Å²) < 4.78 is 8.01. The summed E-state index contributed by atoms with van der Waals surface area (Å²) in [4.78, 5) is 2.17. The minimum Gasteiger partial charge on any atom is -0.494 e. The molecular formula is C28H31N2O2+. The lowest BCUT2D eigenvalue weighted by atomic mass is 9.99. The quantitative estimate of drug-likeness (QED) is 0.554. The van der Waals surface area contributed by atoms with Gasteiger partial charge >= 0.3 is 0 Å². The zero-order valence-corrected chi connectivity index (χ0v) is 18.7. The van der Waals surface area contributed by atoms with Crippen molar-refractivity contribution in [2.75, 3.05) is 24.6 Å². The number of nitrogens with zero attached hydrogens (tertiary/aromatic N) is 2. The molecule has 5 rings (SSSR count). The van der Waals surface area contributed by atoms with Gasteiger partial charge in [0.1, 0.15) is 11.4 Å². The molecule has 2 heterocycles. The molecule has 1 unspecified atom stereocenters. The fourth-order valence-electron chi connectivity index (χ4n) is 5.02. The van der Waals surface area contributed by atoms with Crippen LogP contribution < -0.4 is 9.64 Å². The maximum absolute atomic E-state index is 12.1. The predicted molar refractivity (Wildman–Crippen MR) is 129 cm³/mol. The highest BCUT2D eigenvalue weighted by molar-refractivity contribution is 5.97. The molecule has 0 saturated heterocycles. The van der Waals surface area contributed by atoms with Crippen LogP contribution >= 0.6 is 0 Å². The number of anilines is 1. The largest absolute Gasteiger partial charge is 0.494 e. The first-order valence-corrected chi connectivity index (χ1v) is 11.7. The summed E-state index contributed by atoms with van der Waals surface area (Å²) in [6, 6.07) is 26.9. The van der Waals surface area contributed by atoms with Crippen LogP contribution in [0.4, 0.5) is 5.69 Å². The Hall–Kier alpha value is -3.11. The molecule has 0 fully saturated rings. The molecule has 4 nitrogen and oxygen atoms in total. The van der Waals surface area contributed by atoms with Crippen molar-refractivity contribution < 1.29 is 14.4 Å². The third-order valence-corrected chi connectivity index (χ3v) is 6.59. The van der Waals surface area contributed by atoms with Gasteiger partial charge in [-0.2, -0.15) is 4.90 Å². The molecule has 2 aliphatic heterocycles. The van der Waals surface area contributed by atoms with Crippen LogP contribution in [0, 0.1) is 0 Å². The highest BCUT2D eigenvalue weighted by atomic mass is 16.5. The van der Waals surface area contributed by atoms with Crippen LogP contribution in [0.5, 0.6) is 5.75 Å². The van der Waals surface area contributed by atoms with E-state index in [1.807, 2.05) is 37.3 Å². The Morgan fingerprint density at radius 2 is 1.59 bits per heavy atom. The Labute approximate surface area is 190 Å². The van der Waals surface area contributed by atoms with E-state index in [0.29, 0.717) is 13.2 Å². The van der Waals surface area contributed by atoms with E-state index < -0.39 is 5.72 Å². The van der Waals surface area contributed by atoms with Crippen LogP contribution in [0.3, 0.4) is 0 Å². The van der Waals surface area contributed by atoms with Gasteiger partial charge in [0.25, 0.3) is 11.6 Å². The number of benzene rings is 3. The first kappa shape index (κ1) is 20.8. The molecule has 0 aromatic heterocycles. The van der Waals surface area contributed by atoms with Gasteiger partial charge in [0.15, 0.2) is 6.54 Å². The normalized spacial score (nSPS) is 20.8. The molecule has 3 aromatic rings. The van der Waals surface area contributed by atoms with Crippen LogP contribution in [0.2, 0.25) is 0 Å². The second-order valence-corrected chi connectivity index (χ2v) is 8.67. The van der Waals surface area contributed by atoms with Gasteiger partial charge in [-0.1, -0.05) is 42.5 Å². The van der Waals surface area contributed by atoms with Crippen molar-refractivity contribution in [3.8, 4) is 16.9 Å². The number of amidine groups is 1. The zero-order valence-electron chi connectivity index (χ0n) is 18.7. The lowest BCUT2D eigenvalue weighted by Gasteiger charge is -2.29. The zero-order chi connectivity index (χ0) is 22.0. The average Bonchev–Trinajstić information content (AvgIpc) is 2.95. The molecule has 0 saturated carbocycles. The van der Waals surface area contributed by atoms with Crippen molar-refractivity contribution in [2.24, 2.45) is 0 Å². The summed E-state index contributed by atoms with van der Waals surface area (Å²) in [5.74, 6) is 2.06. The van der Waals surface area contributed by atoms with Crippen molar-refractivity contribution >= 4 is 11.5 Å². The lowest BCUT2D eigenvalue weighted by Crippen LogP contribution is -2.47. The molecule has 4 heteroatoms. The topological polar surface area (TPSA) is 35.7 Å². The van der Waals surface area contributed by atoms with Crippen molar-refractivity contribution in [1.29, 1.82) is 0 Å². The first-order chi connectivity index (χ1) is 15.7. The minimum atomic E-state index is -1.11. The number of aliphatic hydroxyl groups is 1. The van der Waals surface area contributed by atoms with E-state index in [2.05, 4.69) is 58.0 Å². The third-order valence-electron chi connectivity index (χ3n) is 6.59. The molecule has 164 valence electrons. The Kier molecular flexibility index (Phi) is 5.71. The second-order valence-electron chi connectivity index (χ2n) is 8.67. The van der Waals surface area contributed by atoms with Gasteiger partial charge in [0, 0.05) is 12.0 Å². The monoisotopic (exact) mass is 427 g/mol.